The summed E-state index contributed by atoms with van der Waals surface area (Å²) in [5.74, 6) is -1.77. The molecule has 2 bridgehead atoms. The highest BCUT2D eigenvalue weighted by molar-refractivity contribution is 8.02. The number of carbonyl (C=O) groups is 3. The fourth-order valence-electron chi connectivity index (χ4n) is 6.49. The highest BCUT2D eigenvalue weighted by atomic mass is 32.2. The number of aliphatic hydroxyl groups is 1. The van der Waals surface area contributed by atoms with E-state index in [1.54, 1.807) is 33.7 Å². The van der Waals surface area contributed by atoms with Crippen molar-refractivity contribution in [3.05, 3.63) is 25.3 Å². The highest BCUT2D eigenvalue weighted by Crippen LogP contribution is 2.69. The Kier molecular flexibility index (Phi) is 9.72. The van der Waals surface area contributed by atoms with Crippen molar-refractivity contribution in [1.29, 1.82) is 0 Å². The van der Waals surface area contributed by atoms with Crippen LogP contribution in [0.4, 0.5) is 0 Å². The van der Waals surface area contributed by atoms with E-state index in [0.29, 0.717) is 19.5 Å². The van der Waals surface area contributed by atoms with Crippen LogP contribution in [0.25, 0.3) is 0 Å². The fourth-order valence-corrected chi connectivity index (χ4v) is 8.88. The molecule has 0 aromatic rings. The van der Waals surface area contributed by atoms with Gasteiger partial charge in [0.2, 0.25) is 11.8 Å². The van der Waals surface area contributed by atoms with Crippen LogP contribution >= 0.6 is 11.8 Å². The first-order valence-corrected chi connectivity index (χ1v) is 14.4. The summed E-state index contributed by atoms with van der Waals surface area (Å²) in [6.45, 7) is 16.8. The van der Waals surface area contributed by atoms with Gasteiger partial charge in [-0.25, -0.2) is 0 Å². The number of fused-ring (bicyclic) bond motifs is 1. The van der Waals surface area contributed by atoms with Crippen LogP contribution in [0.3, 0.4) is 0 Å². The predicted molar refractivity (Wildman–Crippen MR) is 143 cm³/mol. The topological polar surface area (TPSA) is 87.1 Å². The van der Waals surface area contributed by atoms with Crippen LogP contribution in [0.2, 0.25) is 0 Å². The zero-order valence-corrected chi connectivity index (χ0v) is 23.2. The first kappa shape index (κ1) is 28.8. The predicted octanol–water partition coefficient (Wildman–Crippen LogP) is 3.66. The molecule has 3 rings (SSSR count). The molecule has 7 nitrogen and oxygen atoms in total. The summed E-state index contributed by atoms with van der Waals surface area (Å²) in [4.78, 5) is 45.4. The lowest BCUT2D eigenvalue weighted by molar-refractivity contribution is -0.155. The van der Waals surface area contributed by atoms with Crippen molar-refractivity contribution in [2.24, 2.45) is 23.7 Å². The number of ether oxygens (including phenoxy) is 1. The maximum Gasteiger partial charge on any atom is 0.310 e. The Morgan fingerprint density at radius 2 is 2.06 bits per heavy atom. The van der Waals surface area contributed by atoms with Crippen molar-refractivity contribution < 1.29 is 24.2 Å². The number of hydrogen-bond donors (Lipinski definition) is 1. The van der Waals surface area contributed by atoms with Gasteiger partial charge in [-0.2, -0.15) is 0 Å². The molecule has 0 saturated carbocycles. The van der Waals surface area contributed by atoms with E-state index in [1.807, 2.05) is 13.8 Å². The average Bonchev–Trinajstić information content (AvgIpc) is 3.46. The molecule has 0 aromatic heterocycles. The fraction of sp³-hybridized carbons (Fsp3) is 0.750. The summed E-state index contributed by atoms with van der Waals surface area (Å²) >= 11 is 1.65. The molecule has 202 valence electrons. The second-order valence-corrected chi connectivity index (χ2v) is 12.2. The van der Waals surface area contributed by atoms with Crippen LogP contribution in [0.15, 0.2) is 25.3 Å². The number of aliphatic hydroxyl groups excluding tert-OH is 1. The van der Waals surface area contributed by atoms with Gasteiger partial charge < -0.3 is 19.6 Å². The van der Waals surface area contributed by atoms with Gasteiger partial charge in [-0.3, -0.25) is 14.4 Å². The normalized spacial score (nSPS) is 32.2. The Morgan fingerprint density at radius 1 is 1.33 bits per heavy atom. The van der Waals surface area contributed by atoms with Crippen molar-refractivity contribution in [2.45, 2.75) is 81.9 Å². The quantitative estimate of drug-likeness (QED) is 0.214. The van der Waals surface area contributed by atoms with E-state index in [2.05, 4.69) is 27.0 Å². The van der Waals surface area contributed by atoms with Crippen molar-refractivity contribution in [3.63, 3.8) is 0 Å². The number of amides is 2. The molecule has 8 heteroatoms. The largest absolute Gasteiger partial charge is 0.465 e. The average molecular weight is 521 g/mol. The number of esters is 1. The van der Waals surface area contributed by atoms with Gasteiger partial charge >= 0.3 is 5.97 Å². The van der Waals surface area contributed by atoms with Gasteiger partial charge in [-0.15, -0.1) is 24.9 Å². The third kappa shape index (κ3) is 4.75. The summed E-state index contributed by atoms with van der Waals surface area (Å²) in [5.41, 5.74) is 0. The molecule has 3 saturated heterocycles. The number of hydrogen-bond acceptors (Lipinski definition) is 6. The SMILES string of the molecule is C=CCCOC(=O)[C@@H]1[C@H]2C(=O)N([C@@H](CO)[C@@H](C)CC)C(C(=O)N(CC=C)CCCC)C23S[C@@H]1CC3C. The van der Waals surface area contributed by atoms with Gasteiger partial charge in [0, 0.05) is 18.3 Å². The van der Waals surface area contributed by atoms with Crippen LogP contribution in [0.5, 0.6) is 0 Å². The molecule has 36 heavy (non-hydrogen) atoms. The smallest absolute Gasteiger partial charge is 0.310 e. The van der Waals surface area contributed by atoms with Crippen molar-refractivity contribution >= 4 is 29.5 Å². The van der Waals surface area contributed by atoms with Crippen molar-refractivity contribution in [3.8, 4) is 0 Å². The van der Waals surface area contributed by atoms with Gasteiger partial charge in [-0.05, 0) is 31.1 Å². The second kappa shape index (κ2) is 12.2. The maximum atomic E-state index is 14.3. The van der Waals surface area contributed by atoms with Crippen LogP contribution in [0.1, 0.15) is 59.8 Å². The number of thioether (sulfide) groups is 1. The van der Waals surface area contributed by atoms with Crippen LogP contribution < -0.4 is 0 Å². The van der Waals surface area contributed by atoms with E-state index < -0.39 is 28.7 Å². The molecule has 3 aliphatic heterocycles. The molecule has 1 N–H and O–H groups in total. The maximum absolute atomic E-state index is 14.3. The van der Waals surface area contributed by atoms with E-state index in [4.69, 9.17) is 4.74 Å². The molecule has 2 amide bonds. The summed E-state index contributed by atoms with van der Waals surface area (Å²) in [6.07, 6.45) is 7.30. The molecule has 8 atom stereocenters. The molecule has 3 fully saturated rings. The third-order valence-electron chi connectivity index (χ3n) is 8.54. The lowest BCUT2D eigenvalue weighted by Crippen LogP contribution is -2.60. The van der Waals surface area contributed by atoms with Gasteiger partial charge in [0.15, 0.2) is 0 Å². The first-order chi connectivity index (χ1) is 17.2. The van der Waals surface area contributed by atoms with Gasteiger partial charge in [-0.1, -0.05) is 52.7 Å². The minimum atomic E-state index is -0.728. The Balaban J connectivity index is 2.09. The van der Waals surface area contributed by atoms with Crippen LogP contribution in [-0.2, 0) is 19.1 Å². The minimum Gasteiger partial charge on any atom is -0.465 e. The van der Waals surface area contributed by atoms with Gasteiger partial charge in [0.1, 0.15) is 6.04 Å². The molecular formula is C28H44N2O5S. The van der Waals surface area contributed by atoms with Crippen LogP contribution in [-0.4, -0.2) is 81.1 Å². The van der Waals surface area contributed by atoms with E-state index in [1.165, 1.54) is 0 Å². The molecule has 0 radical (unpaired) electrons. The van der Waals surface area contributed by atoms with E-state index in [0.717, 1.165) is 25.7 Å². The first-order valence-electron chi connectivity index (χ1n) is 13.5. The number of likely N-dealkylation sites (tertiary alicyclic amines) is 1. The van der Waals surface area contributed by atoms with Crippen LogP contribution in [0, 0.1) is 23.7 Å². The minimum absolute atomic E-state index is 0.00321. The molecule has 0 aromatic carbocycles. The van der Waals surface area contributed by atoms with E-state index >= 15 is 0 Å². The zero-order chi connectivity index (χ0) is 26.6. The third-order valence-corrected chi connectivity index (χ3v) is 10.6. The monoisotopic (exact) mass is 520 g/mol. The molecule has 1 spiro atoms. The summed E-state index contributed by atoms with van der Waals surface area (Å²) in [5, 5.41) is 10.4. The highest BCUT2D eigenvalue weighted by Gasteiger charge is 2.77. The number of unbranched alkanes of at least 4 members (excludes halogenated alkanes) is 1. The molecule has 3 heterocycles. The number of rotatable bonds is 14. The number of carbonyl (C=O) groups excluding carboxylic acids is 3. The molecule has 3 aliphatic rings. The van der Waals surface area contributed by atoms with Gasteiger partial charge in [0.25, 0.3) is 0 Å². The Hall–Kier alpha value is -1.80. The standard InChI is InChI=1S/C28H44N2O5S/c1-7-11-14-29(13-9-3)26(33)24-28-19(6)16-21(36-28)22(27(34)35-15-12-8-2)23(28)25(32)30(24)20(17-31)18(5)10-4/h8-9,18-24,31H,2-3,7,10-17H2,1,4-6H3/t18-,19?,20-,21+,22-,23-,24?,28?/m0/s1. The lowest BCUT2D eigenvalue weighted by Gasteiger charge is -2.43. The summed E-state index contributed by atoms with van der Waals surface area (Å²) in [6, 6.07) is -1.22. The van der Waals surface area contributed by atoms with Gasteiger partial charge in [0.05, 0.1) is 35.8 Å². The summed E-state index contributed by atoms with van der Waals surface area (Å²) in [7, 11) is 0. The second-order valence-electron chi connectivity index (χ2n) is 10.6. The molecular weight excluding hydrogens is 476 g/mol. The Bertz CT molecular complexity index is 850. The van der Waals surface area contributed by atoms with E-state index in [-0.39, 0.29) is 48.1 Å². The Morgan fingerprint density at radius 3 is 2.64 bits per heavy atom. The van der Waals surface area contributed by atoms with Crippen molar-refractivity contribution in [2.75, 3.05) is 26.3 Å². The van der Waals surface area contributed by atoms with E-state index in [9.17, 15) is 19.5 Å². The zero-order valence-electron chi connectivity index (χ0n) is 22.4. The summed E-state index contributed by atoms with van der Waals surface area (Å²) < 4.78 is 4.87. The Labute approximate surface area is 220 Å². The lowest BCUT2D eigenvalue weighted by atomic mass is 9.66. The van der Waals surface area contributed by atoms with Crippen molar-refractivity contribution in [1.82, 2.24) is 9.80 Å². The molecule has 3 unspecified atom stereocenters. The number of nitrogens with zero attached hydrogens (tertiary/aromatic N) is 2. The molecule has 0 aliphatic carbocycles.